The van der Waals surface area contributed by atoms with Crippen molar-refractivity contribution in [3.05, 3.63) is 77.2 Å². The monoisotopic (exact) mass is 288 g/mol. The molecule has 3 heteroatoms. The van der Waals surface area contributed by atoms with Crippen LogP contribution in [-0.4, -0.2) is 5.11 Å². The molecule has 0 spiro atoms. The van der Waals surface area contributed by atoms with Crippen molar-refractivity contribution in [1.82, 2.24) is 0 Å². The van der Waals surface area contributed by atoms with Crippen molar-refractivity contribution in [2.24, 2.45) is 0 Å². The lowest BCUT2D eigenvalue weighted by molar-refractivity contribution is 0.475. The Bertz CT molecular complexity index is 1060. The molecule has 106 valence electrons. The maximum atomic E-state index is 12.6. The molecule has 3 nitrogen and oxygen atoms in total. The first-order valence-electron chi connectivity index (χ1n) is 6.96. The summed E-state index contributed by atoms with van der Waals surface area (Å²) in [6.45, 7) is 0. The van der Waals surface area contributed by atoms with Gasteiger partial charge in [-0.2, -0.15) is 0 Å². The van der Waals surface area contributed by atoms with Gasteiger partial charge in [0.25, 0.3) is 0 Å². The van der Waals surface area contributed by atoms with Crippen LogP contribution in [0.5, 0.6) is 5.75 Å². The topological polar surface area (TPSA) is 50.4 Å². The predicted molar refractivity (Wildman–Crippen MR) is 87.1 cm³/mol. The molecule has 1 aromatic heterocycles. The molecule has 4 aromatic rings. The summed E-state index contributed by atoms with van der Waals surface area (Å²) in [5.74, 6) is 0.0514. The zero-order valence-electron chi connectivity index (χ0n) is 11.6. The van der Waals surface area contributed by atoms with Gasteiger partial charge in [-0.3, -0.25) is 4.79 Å². The number of hydrogen-bond donors (Lipinski definition) is 1. The molecule has 0 saturated heterocycles. The number of rotatable bonds is 1. The molecule has 3 aromatic carbocycles. The van der Waals surface area contributed by atoms with E-state index in [1.165, 1.54) is 18.4 Å². The van der Waals surface area contributed by atoms with Crippen LogP contribution in [0.15, 0.2) is 76.1 Å². The molecule has 0 aliphatic carbocycles. The largest absolute Gasteiger partial charge is 0.508 e. The molecule has 4 rings (SSSR count). The smallest absolute Gasteiger partial charge is 0.200 e. The van der Waals surface area contributed by atoms with Crippen LogP contribution in [0, 0.1) is 0 Å². The first kappa shape index (κ1) is 12.7. The minimum Gasteiger partial charge on any atom is -0.508 e. The zero-order chi connectivity index (χ0) is 15.1. The molecular formula is C19H12O3. The summed E-state index contributed by atoms with van der Waals surface area (Å²) in [7, 11) is 0. The van der Waals surface area contributed by atoms with Crippen LogP contribution in [0.2, 0.25) is 0 Å². The number of phenols is 1. The lowest BCUT2D eigenvalue weighted by atomic mass is 10.0. The van der Waals surface area contributed by atoms with Gasteiger partial charge in [0.15, 0.2) is 0 Å². The van der Waals surface area contributed by atoms with Gasteiger partial charge >= 0.3 is 0 Å². The van der Waals surface area contributed by atoms with Gasteiger partial charge in [-0.05, 0) is 40.6 Å². The van der Waals surface area contributed by atoms with Crippen molar-refractivity contribution in [3.8, 4) is 16.9 Å². The lowest BCUT2D eigenvalue weighted by Gasteiger charge is -2.05. The maximum absolute atomic E-state index is 12.6. The quantitative estimate of drug-likeness (QED) is 0.567. The predicted octanol–water partition coefficient (Wildman–Crippen LogP) is 4.32. The van der Waals surface area contributed by atoms with E-state index in [-0.39, 0.29) is 11.2 Å². The molecule has 1 heterocycles. The van der Waals surface area contributed by atoms with Crippen LogP contribution >= 0.6 is 0 Å². The van der Waals surface area contributed by atoms with E-state index in [4.69, 9.17) is 4.42 Å². The molecule has 0 aliphatic rings. The van der Waals surface area contributed by atoms with E-state index in [0.717, 1.165) is 16.3 Å². The van der Waals surface area contributed by atoms with Gasteiger partial charge in [-0.25, -0.2) is 0 Å². The number of fused-ring (bicyclic) bond motifs is 2. The second-order valence-electron chi connectivity index (χ2n) is 5.22. The SMILES string of the molecule is O=c1c(-c2ccc3ccccc3c2)coc2ccc(O)cc12. The van der Waals surface area contributed by atoms with Gasteiger partial charge < -0.3 is 9.52 Å². The molecule has 0 bridgehead atoms. The molecular weight excluding hydrogens is 276 g/mol. The summed E-state index contributed by atoms with van der Waals surface area (Å²) in [5.41, 5.74) is 1.61. The standard InChI is InChI=1S/C19H12O3/c20-15-7-8-18-16(10-15)19(21)17(11-22-18)14-6-5-12-3-1-2-4-13(12)9-14/h1-11,20H. The number of aromatic hydroxyl groups is 1. The van der Waals surface area contributed by atoms with E-state index < -0.39 is 0 Å². The van der Waals surface area contributed by atoms with Crippen molar-refractivity contribution >= 4 is 21.7 Å². The molecule has 0 fully saturated rings. The molecule has 0 radical (unpaired) electrons. The fraction of sp³-hybridized carbons (Fsp3) is 0. The average molecular weight is 288 g/mol. The van der Waals surface area contributed by atoms with Crippen LogP contribution in [-0.2, 0) is 0 Å². The number of benzene rings is 3. The van der Waals surface area contributed by atoms with E-state index in [1.807, 2.05) is 42.5 Å². The Balaban J connectivity index is 1.99. The van der Waals surface area contributed by atoms with Gasteiger partial charge in [0, 0.05) is 0 Å². The summed E-state index contributed by atoms with van der Waals surface area (Å²) in [5, 5.41) is 12.1. The van der Waals surface area contributed by atoms with Crippen LogP contribution in [0.4, 0.5) is 0 Å². The second-order valence-corrected chi connectivity index (χ2v) is 5.22. The highest BCUT2D eigenvalue weighted by atomic mass is 16.3. The Kier molecular flexibility index (Phi) is 2.73. The van der Waals surface area contributed by atoms with Gasteiger partial charge in [-0.15, -0.1) is 0 Å². The Hall–Kier alpha value is -3.07. The second kappa shape index (κ2) is 4.74. The minimum atomic E-state index is -0.146. The molecule has 0 saturated carbocycles. The third-order valence-corrected chi connectivity index (χ3v) is 3.82. The summed E-state index contributed by atoms with van der Waals surface area (Å²) >= 11 is 0. The number of phenolic OH excluding ortho intramolecular Hbond substituents is 1. The fourth-order valence-corrected chi connectivity index (χ4v) is 2.68. The third-order valence-electron chi connectivity index (χ3n) is 3.82. The van der Waals surface area contributed by atoms with Gasteiger partial charge in [-0.1, -0.05) is 36.4 Å². The van der Waals surface area contributed by atoms with E-state index in [1.54, 1.807) is 6.07 Å². The summed E-state index contributed by atoms with van der Waals surface area (Å²) in [4.78, 5) is 12.6. The fourth-order valence-electron chi connectivity index (χ4n) is 2.68. The van der Waals surface area contributed by atoms with Crippen molar-refractivity contribution in [1.29, 1.82) is 0 Å². The first-order chi connectivity index (χ1) is 10.7. The van der Waals surface area contributed by atoms with Crippen LogP contribution in [0.1, 0.15) is 0 Å². The van der Waals surface area contributed by atoms with E-state index >= 15 is 0 Å². The van der Waals surface area contributed by atoms with Crippen LogP contribution < -0.4 is 5.43 Å². The van der Waals surface area contributed by atoms with Crippen molar-refractivity contribution in [2.45, 2.75) is 0 Å². The highest BCUT2D eigenvalue weighted by Crippen LogP contribution is 2.25. The van der Waals surface area contributed by atoms with E-state index in [2.05, 4.69) is 0 Å². The molecule has 0 aliphatic heterocycles. The van der Waals surface area contributed by atoms with Gasteiger partial charge in [0.1, 0.15) is 17.6 Å². The normalized spacial score (nSPS) is 11.1. The average Bonchev–Trinajstić information content (AvgIpc) is 2.55. The number of hydrogen-bond acceptors (Lipinski definition) is 3. The molecule has 0 amide bonds. The highest BCUT2D eigenvalue weighted by Gasteiger charge is 2.10. The van der Waals surface area contributed by atoms with Crippen molar-refractivity contribution in [2.75, 3.05) is 0 Å². The molecule has 0 unspecified atom stereocenters. The van der Waals surface area contributed by atoms with Gasteiger partial charge in [0.2, 0.25) is 5.43 Å². The minimum absolute atomic E-state index is 0.0514. The highest BCUT2D eigenvalue weighted by molar-refractivity contribution is 5.89. The van der Waals surface area contributed by atoms with Crippen LogP contribution in [0.25, 0.3) is 32.9 Å². The molecule has 0 atom stereocenters. The van der Waals surface area contributed by atoms with E-state index in [9.17, 15) is 9.90 Å². The summed E-state index contributed by atoms with van der Waals surface area (Å²) < 4.78 is 5.53. The van der Waals surface area contributed by atoms with Gasteiger partial charge in [0.05, 0.1) is 10.9 Å². The summed E-state index contributed by atoms with van der Waals surface area (Å²) in [6, 6.07) is 18.4. The lowest BCUT2D eigenvalue weighted by Crippen LogP contribution is -2.04. The zero-order valence-corrected chi connectivity index (χ0v) is 11.6. The first-order valence-corrected chi connectivity index (χ1v) is 6.96. The Labute approximate surface area is 126 Å². The third kappa shape index (κ3) is 1.95. The molecule has 22 heavy (non-hydrogen) atoms. The van der Waals surface area contributed by atoms with Crippen molar-refractivity contribution < 1.29 is 9.52 Å². The van der Waals surface area contributed by atoms with E-state index in [0.29, 0.717) is 16.5 Å². The van der Waals surface area contributed by atoms with Crippen LogP contribution in [0.3, 0.4) is 0 Å². The van der Waals surface area contributed by atoms with Crippen molar-refractivity contribution in [3.63, 3.8) is 0 Å². The molecule has 1 N–H and O–H groups in total. The maximum Gasteiger partial charge on any atom is 0.200 e. The summed E-state index contributed by atoms with van der Waals surface area (Å²) in [6.07, 6.45) is 1.48. The Morgan fingerprint density at radius 3 is 2.55 bits per heavy atom. The Morgan fingerprint density at radius 2 is 1.68 bits per heavy atom. The Morgan fingerprint density at radius 1 is 0.864 bits per heavy atom.